The van der Waals surface area contributed by atoms with E-state index in [0.29, 0.717) is 18.0 Å². The predicted molar refractivity (Wildman–Crippen MR) is 111 cm³/mol. The van der Waals surface area contributed by atoms with Gasteiger partial charge in [-0.25, -0.2) is 4.39 Å². The molecule has 2 aromatic carbocycles. The molecule has 1 atom stereocenters. The lowest BCUT2D eigenvalue weighted by molar-refractivity contribution is -0.125. The number of amides is 2. The monoisotopic (exact) mass is 447 g/mol. The van der Waals surface area contributed by atoms with E-state index in [4.69, 9.17) is 0 Å². The standard InChI is InChI=1S/C21H23BrFN3O2/c22-17-4-2-6-19(11-17)26-8-7-16(14-26)12-24-21(28)13-25-20(27)10-15-3-1-5-18(23)9-15/h1-6,9,11,16H,7-8,10,12-14H2,(H,24,28)(H,25,27). The van der Waals surface area contributed by atoms with Crippen molar-refractivity contribution in [2.24, 2.45) is 5.92 Å². The van der Waals surface area contributed by atoms with Crippen LogP contribution >= 0.6 is 15.9 Å². The fourth-order valence-electron chi connectivity index (χ4n) is 3.30. The molecule has 1 aliphatic heterocycles. The topological polar surface area (TPSA) is 61.4 Å². The summed E-state index contributed by atoms with van der Waals surface area (Å²) in [5.41, 5.74) is 1.75. The molecule has 28 heavy (non-hydrogen) atoms. The fourth-order valence-corrected chi connectivity index (χ4v) is 3.69. The van der Waals surface area contributed by atoms with Crippen LogP contribution in [0, 0.1) is 11.7 Å². The van der Waals surface area contributed by atoms with Crippen molar-refractivity contribution in [3.8, 4) is 0 Å². The van der Waals surface area contributed by atoms with Gasteiger partial charge in [0.15, 0.2) is 0 Å². The zero-order valence-electron chi connectivity index (χ0n) is 15.5. The predicted octanol–water partition coefficient (Wildman–Crippen LogP) is 2.89. The number of hydrogen-bond acceptors (Lipinski definition) is 3. The third-order valence-electron chi connectivity index (χ3n) is 4.75. The molecule has 2 aromatic rings. The molecule has 148 valence electrons. The molecule has 1 heterocycles. The van der Waals surface area contributed by atoms with E-state index >= 15 is 0 Å². The zero-order valence-corrected chi connectivity index (χ0v) is 17.0. The maximum absolute atomic E-state index is 13.1. The van der Waals surface area contributed by atoms with Crippen LogP contribution in [0.1, 0.15) is 12.0 Å². The highest BCUT2D eigenvalue weighted by Crippen LogP contribution is 2.25. The second-order valence-corrected chi connectivity index (χ2v) is 7.88. The van der Waals surface area contributed by atoms with E-state index in [9.17, 15) is 14.0 Å². The minimum Gasteiger partial charge on any atom is -0.371 e. The van der Waals surface area contributed by atoms with Gasteiger partial charge in [-0.2, -0.15) is 0 Å². The molecule has 2 N–H and O–H groups in total. The molecule has 0 spiro atoms. The second kappa shape index (κ2) is 9.68. The van der Waals surface area contributed by atoms with Crippen molar-refractivity contribution < 1.29 is 14.0 Å². The minimum atomic E-state index is -0.378. The number of carbonyl (C=O) groups is 2. The maximum Gasteiger partial charge on any atom is 0.239 e. The van der Waals surface area contributed by atoms with E-state index in [2.05, 4.69) is 43.6 Å². The lowest BCUT2D eigenvalue weighted by Gasteiger charge is -2.19. The van der Waals surface area contributed by atoms with Gasteiger partial charge in [0.05, 0.1) is 13.0 Å². The molecular weight excluding hydrogens is 425 g/mol. The van der Waals surface area contributed by atoms with Crippen LogP contribution in [0.3, 0.4) is 0 Å². The third kappa shape index (κ3) is 6.05. The number of rotatable bonds is 7. The van der Waals surface area contributed by atoms with Gasteiger partial charge >= 0.3 is 0 Å². The number of anilines is 1. The number of halogens is 2. The van der Waals surface area contributed by atoms with Crippen LogP contribution in [-0.4, -0.2) is 38.0 Å². The Labute approximate surface area is 172 Å². The van der Waals surface area contributed by atoms with Crippen molar-refractivity contribution in [3.05, 3.63) is 64.4 Å². The summed E-state index contributed by atoms with van der Waals surface area (Å²) in [6, 6.07) is 14.1. The Hall–Kier alpha value is -2.41. The SMILES string of the molecule is O=C(CNC(=O)Cc1cccc(F)c1)NCC1CCN(c2cccc(Br)c2)C1. The first-order valence-corrected chi connectivity index (χ1v) is 10.1. The molecule has 1 fully saturated rings. The highest BCUT2D eigenvalue weighted by Gasteiger charge is 2.23. The third-order valence-corrected chi connectivity index (χ3v) is 5.24. The van der Waals surface area contributed by atoms with Gasteiger partial charge in [-0.15, -0.1) is 0 Å². The molecule has 0 aromatic heterocycles. The second-order valence-electron chi connectivity index (χ2n) is 6.97. The van der Waals surface area contributed by atoms with Crippen molar-refractivity contribution in [2.75, 3.05) is 31.1 Å². The smallest absolute Gasteiger partial charge is 0.239 e. The van der Waals surface area contributed by atoms with Crippen LogP contribution in [0.4, 0.5) is 10.1 Å². The Balaban J connectivity index is 1.36. The van der Waals surface area contributed by atoms with Gasteiger partial charge in [0.1, 0.15) is 5.82 Å². The number of benzene rings is 2. The molecule has 1 aliphatic rings. The zero-order chi connectivity index (χ0) is 19.9. The Morgan fingerprint density at radius 3 is 2.71 bits per heavy atom. The molecule has 0 bridgehead atoms. The lowest BCUT2D eigenvalue weighted by Crippen LogP contribution is -2.39. The lowest BCUT2D eigenvalue weighted by atomic mass is 10.1. The van der Waals surface area contributed by atoms with Gasteiger partial charge in [-0.1, -0.05) is 34.1 Å². The van der Waals surface area contributed by atoms with Crippen molar-refractivity contribution in [1.29, 1.82) is 0 Å². The Morgan fingerprint density at radius 2 is 1.93 bits per heavy atom. The number of nitrogens with one attached hydrogen (secondary N) is 2. The van der Waals surface area contributed by atoms with Crippen LogP contribution in [0.15, 0.2) is 53.0 Å². The van der Waals surface area contributed by atoms with Gasteiger partial charge in [0, 0.05) is 29.8 Å². The normalized spacial score (nSPS) is 16.1. The Morgan fingerprint density at radius 1 is 1.11 bits per heavy atom. The number of carbonyl (C=O) groups excluding carboxylic acids is 2. The molecular formula is C21H23BrFN3O2. The van der Waals surface area contributed by atoms with E-state index in [1.165, 1.54) is 17.8 Å². The first-order chi connectivity index (χ1) is 13.5. The van der Waals surface area contributed by atoms with Crippen LogP contribution in [-0.2, 0) is 16.0 Å². The summed E-state index contributed by atoms with van der Waals surface area (Å²) in [5.74, 6) is -0.515. The average Bonchev–Trinajstić information content (AvgIpc) is 3.14. The van der Waals surface area contributed by atoms with Crippen molar-refractivity contribution >= 4 is 33.4 Å². The van der Waals surface area contributed by atoms with Gasteiger partial charge in [-0.3, -0.25) is 9.59 Å². The molecule has 2 amide bonds. The average molecular weight is 448 g/mol. The molecule has 1 unspecified atom stereocenters. The van der Waals surface area contributed by atoms with E-state index in [1.807, 2.05) is 12.1 Å². The Kier molecular flexibility index (Phi) is 7.03. The fraction of sp³-hybridized carbons (Fsp3) is 0.333. The largest absolute Gasteiger partial charge is 0.371 e. The first-order valence-electron chi connectivity index (χ1n) is 9.28. The summed E-state index contributed by atoms with van der Waals surface area (Å²) in [6.45, 7) is 2.36. The minimum absolute atomic E-state index is 0.0509. The van der Waals surface area contributed by atoms with Crippen molar-refractivity contribution in [1.82, 2.24) is 10.6 Å². The molecule has 5 nitrogen and oxygen atoms in total. The summed E-state index contributed by atoms with van der Waals surface area (Å²) >= 11 is 3.49. The van der Waals surface area contributed by atoms with Crippen molar-refractivity contribution in [2.45, 2.75) is 12.8 Å². The summed E-state index contributed by atoms with van der Waals surface area (Å²) in [7, 11) is 0. The summed E-state index contributed by atoms with van der Waals surface area (Å²) < 4.78 is 14.2. The van der Waals surface area contributed by atoms with Crippen LogP contribution in [0.5, 0.6) is 0 Å². The van der Waals surface area contributed by atoms with Crippen molar-refractivity contribution in [3.63, 3.8) is 0 Å². The molecule has 1 saturated heterocycles. The van der Waals surface area contributed by atoms with E-state index in [1.54, 1.807) is 12.1 Å². The first kappa shape index (κ1) is 20.3. The van der Waals surface area contributed by atoms with Gasteiger partial charge in [-0.05, 0) is 48.2 Å². The summed E-state index contributed by atoms with van der Waals surface area (Å²) in [6.07, 6.45) is 1.06. The Bertz CT molecular complexity index is 846. The van der Waals surface area contributed by atoms with E-state index < -0.39 is 0 Å². The summed E-state index contributed by atoms with van der Waals surface area (Å²) in [5, 5.41) is 5.46. The number of hydrogen-bond donors (Lipinski definition) is 2. The van der Waals surface area contributed by atoms with Gasteiger partial charge in [0.2, 0.25) is 11.8 Å². The van der Waals surface area contributed by atoms with E-state index in [0.717, 1.165) is 24.0 Å². The maximum atomic E-state index is 13.1. The highest BCUT2D eigenvalue weighted by molar-refractivity contribution is 9.10. The summed E-state index contributed by atoms with van der Waals surface area (Å²) in [4.78, 5) is 26.2. The van der Waals surface area contributed by atoms with Crippen LogP contribution in [0.25, 0.3) is 0 Å². The van der Waals surface area contributed by atoms with Crippen LogP contribution in [0.2, 0.25) is 0 Å². The van der Waals surface area contributed by atoms with Crippen LogP contribution < -0.4 is 15.5 Å². The molecule has 7 heteroatoms. The molecule has 0 radical (unpaired) electrons. The van der Waals surface area contributed by atoms with Gasteiger partial charge in [0.25, 0.3) is 0 Å². The molecule has 0 aliphatic carbocycles. The highest BCUT2D eigenvalue weighted by atomic mass is 79.9. The molecule has 0 saturated carbocycles. The number of nitrogens with zero attached hydrogens (tertiary/aromatic N) is 1. The van der Waals surface area contributed by atoms with E-state index in [-0.39, 0.29) is 30.6 Å². The molecule has 3 rings (SSSR count). The van der Waals surface area contributed by atoms with Gasteiger partial charge < -0.3 is 15.5 Å². The quantitative estimate of drug-likeness (QED) is 0.685.